The van der Waals surface area contributed by atoms with E-state index < -0.39 is 17.2 Å². The summed E-state index contributed by atoms with van der Waals surface area (Å²) in [5.41, 5.74) is 1.89. The quantitative estimate of drug-likeness (QED) is 0.160. The SMILES string of the molecule is CSc1ccc(C(=O)[C@H]2CN(C(=O)OC(C)C)CC2CCc2cc(C)c(OC(C)(C)C(=O)OC(C)(C)C)c(C)c2)cc1. The molecule has 0 spiro atoms. The summed E-state index contributed by atoms with van der Waals surface area (Å²) >= 11 is 1.63. The van der Waals surface area contributed by atoms with E-state index >= 15 is 0 Å². The Morgan fingerprint density at radius 3 is 2.10 bits per heavy atom. The van der Waals surface area contributed by atoms with Crippen LogP contribution in [0.25, 0.3) is 0 Å². The molecule has 8 heteroatoms. The van der Waals surface area contributed by atoms with E-state index in [0.717, 1.165) is 34.4 Å². The van der Waals surface area contributed by atoms with Gasteiger partial charge < -0.3 is 19.1 Å². The van der Waals surface area contributed by atoms with Gasteiger partial charge in [0, 0.05) is 29.5 Å². The fourth-order valence-corrected chi connectivity index (χ4v) is 5.66. The van der Waals surface area contributed by atoms with Crippen LogP contribution in [0, 0.1) is 25.7 Å². The molecule has 1 amide bonds. The first-order valence-electron chi connectivity index (χ1n) is 14.7. The Morgan fingerprint density at radius 1 is 0.976 bits per heavy atom. The second-order valence-corrected chi connectivity index (χ2v) is 13.9. The molecule has 230 valence electrons. The Bertz CT molecular complexity index is 1250. The maximum absolute atomic E-state index is 13.6. The number of carbonyl (C=O) groups excluding carboxylic acids is 3. The standard InChI is InChI=1S/C34H47NO6S/c1-21(2)39-32(38)35-19-26(28(20-35)29(36)25-13-15-27(42-10)16-14-25)12-11-24-17-22(3)30(23(4)18-24)40-34(8,9)31(37)41-33(5,6)7/h13-18,21,26,28H,11-12,19-20H2,1-10H3/t26?,28-/m0/s1. The first-order valence-corrected chi connectivity index (χ1v) is 15.9. The van der Waals surface area contributed by atoms with Gasteiger partial charge in [-0.2, -0.15) is 0 Å². The second kappa shape index (κ2) is 13.5. The summed E-state index contributed by atoms with van der Waals surface area (Å²) in [4.78, 5) is 42.0. The number of nitrogens with zero attached hydrogens (tertiary/aromatic N) is 1. The fourth-order valence-electron chi connectivity index (χ4n) is 5.25. The van der Waals surface area contributed by atoms with E-state index in [2.05, 4.69) is 12.1 Å². The maximum Gasteiger partial charge on any atom is 0.410 e. The Morgan fingerprint density at radius 2 is 1.57 bits per heavy atom. The number of carbonyl (C=O) groups is 3. The van der Waals surface area contributed by atoms with Crippen molar-refractivity contribution in [2.75, 3.05) is 19.3 Å². The van der Waals surface area contributed by atoms with Crippen molar-refractivity contribution in [1.82, 2.24) is 4.90 Å². The number of hydrogen-bond acceptors (Lipinski definition) is 7. The minimum Gasteiger partial charge on any atom is -0.476 e. The van der Waals surface area contributed by atoms with Crippen LogP contribution in [0.15, 0.2) is 41.3 Å². The van der Waals surface area contributed by atoms with E-state index in [-0.39, 0.29) is 29.8 Å². The van der Waals surface area contributed by atoms with Gasteiger partial charge in [0.05, 0.1) is 6.10 Å². The van der Waals surface area contributed by atoms with Crippen molar-refractivity contribution in [2.45, 2.75) is 97.4 Å². The molecular formula is C34H47NO6S. The van der Waals surface area contributed by atoms with E-state index in [1.807, 2.05) is 79.0 Å². The van der Waals surface area contributed by atoms with Gasteiger partial charge in [-0.05, 0) is 116 Å². The Labute approximate surface area is 255 Å². The number of ketones is 1. The average Bonchev–Trinajstić information content (AvgIpc) is 3.32. The van der Waals surface area contributed by atoms with Gasteiger partial charge >= 0.3 is 12.1 Å². The van der Waals surface area contributed by atoms with Crippen molar-refractivity contribution < 1.29 is 28.6 Å². The molecule has 42 heavy (non-hydrogen) atoms. The third-order valence-corrected chi connectivity index (χ3v) is 8.06. The number of amides is 1. The van der Waals surface area contributed by atoms with Crippen molar-refractivity contribution >= 4 is 29.6 Å². The molecule has 2 atom stereocenters. The van der Waals surface area contributed by atoms with E-state index in [1.54, 1.807) is 30.5 Å². The molecule has 7 nitrogen and oxygen atoms in total. The lowest BCUT2D eigenvalue weighted by Gasteiger charge is -2.30. The highest BCUT2D eigenvalue weighted by Gasteiger charge is 2.40. The number of esters is 1. The molecule has 1 aliphatic rings. The van der Waals surface area contributed by atoms with Gasteiger partial charge in [0.1, 0.15) is 11.4 Å². The number of likely N-dealkylation sites (tertiary alicyclic amines) is 1. The topological polar surface area (TPSA) is 82.1 Å². The molecular weight excluding hydrogens is 550 g/mol. The van der Waals surface area contributed by atoms with Gasteiger partial charge in [0.15, 0.2) is 11.4 Å². The summed E-state index contributed by atoms with van der Waals surface area (Å²) in [6, 6.07) is 11.8. The highest BCUT2D eigenvalue weighted by molar-refractivity contribution is 7.98. The van der Waals surface area contributed by atoms with Crippen molar-refractivity contribution in [3.05, 3.63) is 58.7 Å². The number of hydrogen-bond donors (Lipinski definition) is 0. The summed E-state index contributed by atoms with van der Waals surface area (Å²) in [6.07, 6.45) is 2.89. The van der Waals surface area contributed by atoms with E-state index in [4.69, 9.17) is 14.2 Å². The van der Waals surface area contributed by atoms with Crippen LogP contribution in [0.1, 0.15) is 81.9 Å². The number of thioether (sulfide) groups is 1. The number of rotatable bonds is 10. The molecule has 0 N–H and O–H groups in total. The molecule has 1 saturated heterocycles. The minimum atomic E-state index is -1.15. The Balaban J connectivity index is 1.77. The number of benzene rings is 2. The highest BCUT2D eigenvalue weighted by Crippen LogP contribution is 2.34. The zero-order valence-corrected chi connectivity index (χ0v) is 27.6. The molecule has 1 heterocycles. The summed E-state index contributed by atoms with van der Waals surface area (Å²) < 4.78 is 17.2. The highest BCUT2D eigenvalue weighted by atomic mass is 32.2. The Kier molecular flexibility index (Phi) is 10.8. The Hall–Kier alpha value is -3.00. The van der Waals surface area contributed by atoms with Crippen LogP contribution >= 0.6 is 11.8 Å². The van der Waals surface area contributed by atoms with E-state index in [0.29, 0.717) is 24.4 Å². The number of ether oxygens (including phenoxy) is 3. The molecule has 2 aromatic rings. The largest absolute Gasteiger partial charge is 0.476 e. The van der Waals surface area contributed by atoms with Crippen LogP contribution in [0.2, 0.25) is 0 Å². The predicted octanol–water partition coefficient (Wildman–Crippen LogP) is 7.43. The first kappa shape index (κ1) is 33.5. The molecule has 1 unspecified atom stereocenters. The third-order valence-electron chi connectivity index (χ3n) is 7.32. The normalized spacial score (nSPS) is 17.4. The zero-order chi connectivity index (χ0) is 31.4. The number of aryl methyl sites for hydroxylation is 3. The van der Waals surface area contributed by atoms with Crippen LogP contribution in [0.4, 0.5) is 4.79 Å². The molecule has 1 fully saturated rings. The zero-order valence-electron chi connectivity index (χ0n) is 26.8. The second-order valence-electron chi connectivity index (χ2n) is 13.0. The molecule has 0 aromatic heterocycles. The number of Topliss-reactive ketones (excluding diaryl/α,β-unsaturated/α-hetero) is 1. The maximum atomic E-state index is 13.6. The van der Waals surface area contributed by atoms with Crippen LogP contribution < -0.4 is 4.74 Å². The minimum absolute atomic E-state index is 0.0000735. The third kappa shape index (κ3) is 8.76. The lowest BCUT2D eigenvalue weighted by molar-refractivity contribution is -0.171. The van der Waals surface area contributed by atoms with Crippen molar-refractivity contribution in [3.63, 3.8) is 0 Å². The van der Waals surface area contributed by atoms with Gasteiger partial charge in [0.25, 0.3) is 0 Å². The van der Waals surface area contributed by atoms with Gasteiger partial charge in [-0.15, -0.1) is 11.8 Å². The fraction of sp³-hybridized carbons (Fsp3) is 0.559. The van der Waals surface area contributed by atoms with Gasteiger partial charge in [-0.3, -0.25) is 4.79 Å². The molecule has 2 aromatic carbocycles. The van der Waals surface area contributed by atoms with Crippen LogP contribution in [0.3, 0.4) is 0 Å². The molecule has 3 rings (SSSR count). The van der Waals surface area contributed by atoms with E-state index in [9.17, 15) is 14.4 Å². The van der Waals surface area contributed by atoms with Crippen molar-refractivity contribution in [3.8, 4) is 5.75 Å². The van der Waals surface area contributed by atoms with Gasteiger partial charge in [-0.1, -0.05) is 24.3 Å². The smallest absolute Gasteiger partial charge is 0.410 e. The summed E-state index contributed by atoms with van der Waals surface area (Å²) in [5, 5.41) is 0. The van der Waals surface area contributed by atoms with Crippen LogP contribution in [0.5, 0.6) is 5.75 Å². The monoisotopic (exact) mass is 597 g/mol. The first-order chi connectivity index (χ1) is 19.5. The molecule has 1 aliphatic heterocycles. The lowest BCUT2D eigenvalue weighted by Crippen LogP contribution is -2.43. The lowest BCUT2D eigenvalue weighted by atomic mass is 9.84. The molecule has 0 saturated carbocycles. The van der Waals surface area contributed by atoms with Crippen LogP contribution in [-0.2, 0) is 20.7 Å². The van der Waals surface area contributed by atoms with Crippen molar-refractivity contribution in [1.29, 1.82) is 0 Å². The predicted molar refractivity (Wildman–Crippen MR) is 168 cm³/mol. The molecule has 0 bridgehead atoms. The van der Waals surface area contributed by atoms with Gasteiger partial charge in [-0.25, -0.2) is 9.59 Å². The van der Waals surface area contributed by atoms with Crippen LogP contribution in [-0.4, -0.2) is 59.4 Å². The summed E-state index contributed by atoms with van der Waals surface area (Å²) in [5.74, 6) is 0.00983. The van der Waals surface area contributed by atoms with E-state index in [1.165, 1.54) is 0 Å². The summed E-state index contributed by atoms with van der Waals surface area (Å²) in [6.45, 7) is 17.4. The molecule has 0 radical (unpaired) electrons. The van der Waals surface area contributed by atoms with Gasteiger partial charge in [0.2, 0.25) is 0 Å². The summed E-state index contributed by atoms with van der Waals surface area (Å²) in [7, 11) is 0. The average molecular weight is 598 g/mol. The molecule has 0 aliphatic carbocycles. The van der Waals surface area contributed by atoms with Crippen molar-refractivity contribution in [2.24, 2.45) is 11.8 Å².